The van der Waals surface area contributed by atoms with Gasteiger partial charge in [-0.3, -0.25) is 4.79 Å². The van der Waals surface area contributed by atoms with Crippen molar-refractivity contribution in [3.05, 3.63) is 29.8 Å². The van der Waals surface area contributed by atoms with Gasteiger partial charge in [0.1, 0.15) is 5.75 Å². The predicted octanol–water partition coefficient (Wildman–Crippen LogP) is 3.09. The molecule has 0 aliphatic heterocycles. The van der Waals surface area contributed by atoms with E-state index in [1.807, 2.05) is 6.92 Å². The summed E-state index contributed by atoms with van der Waals surface area (Å²) in [6, 6.07) is 6.61. The molecule has 1 amide bonds. The van der Waals surface area contributed by atoms with E-state index in [4.69, 9.17) is 9.84 Å². The van der Waals surface area contributed by atoms with Crippen LogP contribution in [0.4, 0.5) is 0 Å². The van der Waals surface area contributed by atoms with Gasteiger partial charge in [0.2, 0.25) is 0 Å². The van der Waals surface area contributed by atoms with Gasteiger partial charge in [0.05, 0.1) is 0 Å². The second-order valence-corrected chi connectivity index (χ2v) is 6.68. The van der Waals surface area contributed by atoms with Crippen LogP contribution in [0, 0.1) is 5.41 Å². The molecule has 1 atom stereocenters. The van der Waals surface area contributed by atoms with Crippen LogP contribution in [0.2, 0.25) is 0 Å². The topological polar surface area (TPSA) is 75.6 Å². The van der Waals surface area contributed by atoms with Gasteiger partial charge in [-0.15, -0.1) is 0 Å². The Morgan fingerprint density at radius 3 is 2.59 bits per heavy atom. The number of aliphatic carboxylic acids is 1. The number of hydrogen-bond acceptors (Lipinski definition) is 3. The van der Waals surface area contributed by atoms with Crippen LogP contribution >= 0.6 is 0 Å². The summed E-state index contributed by atoms with van der Waals surface area (Å²) in [6.45, 7) is 8.07. The molecule has 0 aromatic heterocycles. The zero-order valence-electron chi connectivity index (χ0n) is 13.7. The first kappa shape index (κ1) is 18.0. The monoisotopic (exact) mass is 307 g/mol. The van der Waals surface area contributed by atoms with E-state index in [1.54, 1.807) is 24.3 Å². The minimum atomic E-state index is -1.05. The molecule has 5 heteroatoms. The van der Waals surface area contributed by atoms with E-state index >= 15 is 0 Å². The van der Waals surface area contributed by atoms with Crippen molar-refractivity contribution < 1.29 is 19.4 Å². The normalized spacial score (nSPS) is 12.5. The van der Waals surface area contributed by atoms with Gasteiger partial charge in [-0.1, -0.05) is 26.8 Å². The lowest BCUT2D eigenvalue weighted by atomic mass is 9.89. The average molecular weight is 307 g/mol. The molecule has 0 heterocycles. The molecule has 1 aromatic rings. The predicted molar refractivity (Wildman–Crippen MR) is 85.2 cm³/mol. The molecule has 1 unspecified atom stereocenters. The van der Waals surface area contributed by atoms with Gasteiger partial charge in [0, 0.05) is 11.6 Å². The lowest BCUT2D eigenvalue weighted by Crippen LogP contribution is -2.33. The zero-order valence-corrected chi connectivity index (χ0v) is 13.7. The average Bonchev–Trinajstić information content (AvgIpc) is 2.42. The number of carboxylic acid groups (broad SMARTS) is 1. The fourth-order valence-electron chi connectivity index (χ4n) is 1.90. The van der Waals surface area contributed by atoms with E-state index in [2.05, 4.69) is 26.1 Å². The van der Waals surface area contributed by atoms with E-state index in [0.717, 1.165) is 12.8 Å². The molecule has 0 aliphatic rings. The van der Waals surface area contributed by atoms with Gasteiger partial charge >= 0.3 is 5.97 Å². The van der Waals surface area contributed by atoms with Crippen LogP contribution in [0.3, 0.4) is 0 Å². The number of carbonyl (C=O) groups excluding carboxylic acids is 1. The lowest BCUT2D eigenvalue weighted by molar-refractivity contribution is -0.139. The van der Waals surface area contributed by atoms with Crippen molar-refractivity contribution in [2.24, 2.45) is 5.41 Å². The molecule has 0 fully saturated rings. The number of amides is 1. The quantitative estimate of drug-likeness (QED) is 0.811. The Morgan fingerprint density at radius 1 is 1.32 bits per heavy atom. The van der Waals surface area contributed by atoms with Crippen molar-refractivity contribution >= 4 is 11.9 Å². The molecule has 0 aliphatic carbocycles. The number of hydrogen-bond donors (Lipinski definition) is 2. The Hall–Kier alpha value is -2.04. The molecule has 5 nitrogen and oxygen atoms in total. The first-order valence-electron chi connectivity index (χ1n) is 7.43. The first-order valence-corrected chi connectivity index (χ1v) is 7.43. The van der Waals surface area contributed by atoms with E-state index in [-0.39, 0.29) is 17.4 Å². The fraction of sp³-hybridized carbons (Fsp3) is 0.529. The molecule has 0 saturated heterocycles. The minimum absolute atomic E-state index is 0.0790. The van der Waals surface area contributed by atoms with E-state index < -0.39 is 12.6 Å². The van der Waals surface area contributed by atoms with Crippen molar-refractivity contribution in [1.29, 1.82) is 0 Å². The number of carbonyl (C=O) groups is 2. The Bertz CT molecular complexity index is 520. The van der Waals surface area contributed by atoms with Gasteiger partial charge in [-0.25, -0.2) is 4.79 Å². The van der Waals surface area contributed by atoms with Crippen LogP contribution in [0.5, 0.6) is 5.75 Å². The van der Waals surface area contributed by atoms with Gasteiger partial charge in [-0.2, -0.15) is 0 Å². The van der Waals surface area contributed by atoms with Crippen molar-refractivity contribution in [3.63, 3.8) is 0 Å². The molecule has 22 heavy (non-hydrogen) atoms. The summed E-state index contributed by atoms with van der Waals surface area (Å²) in [5.74, 6) is -0.856. The largest absolute Gasteiger partial charge is 0.482 e. The second-order valence-electron chi connectivity index (χ2n) is 6.68. The van der Waals surface area contributed by atoms with Crippen molar-refractivity contribution in [2.45, 2.75) is 46.6 Å². The number of rotatable bonds is 7. The number of benzene rings is 1. The molecule has 0 spiro atoms. The summed E-state index contributed by atoms with van der Waals surface area (Å²) >= 11 is 0. The smallest absolute Gasteiger partial charge is 0.341 e. The second kappa shape index (κ2) is 7.82. The zero-order chi connectivity index (χ0) is 16.8. The SMILES string of the molecule is CC(CCC(C)(C)C)NC(=O)c1cccc(OCC(=O)O)c1. The Balaban J connectivity index is 2.58. The van der Waals surface area contributed by atoms with E-state index in [9.17, 15) is 9.59 Å². The van der Waals surface area contributed by atoms with Gasteiger partial charge in [0.15, 0.2) is 6.61 Å². The highest BCUT2D eigenvalue weighted by Crippen LogP contribution is 2.21. The first-order chi connectivity index (χ1) is 10.2. The maximum Gasteiger partial charge on any atom is 0.341 e. The molecular weight excluding hydrogens is 282 g/mol. The van der Waals surface area contributed by atoms with Crippen LogP contribution in [-0.2, 0) is 4.79 Å². The van der Waals surface area contributed by atoms with Crippen molar-refractivity contribution in [1.82, 2.24) is 5.32 Å². The molecule has 0 bridgehead atoms. The highest BCUT2D eigenvalue weighted by Gasteiger charge is 2.15. The Labute approximate surface area is 131 Å². The fourth-order valence-corrected chi connectivity index (χ4v) is 1.90. The standard InChI is InChI=1S/C17H25NO4/c1-12(8-9-17(2,3)4)18-16(21)13-6-5-7-14(10-13)22-11-15(19)20/h5-7,10,12H,8-9,11H2,1-4H3,(H,18,21)(H,19,20). The molecule has 1 aromatic carbocycles. The number of ether oxygens (including phenoxy) is 1. The number of nitrogens with one attached hydrogen (secondary N) is 1. The lowest BCUT2D eigenvalue weighted by Gasteiger charge is -2.21. The van der Waals surface area contributed by atoms with Crippen LogP contribution in [0.1, 0.15) is 50.9 Å². The minimum Gasteiger partial charge on any atom is -0.482 e. The van der Waals surface area contributed by atoms with Crippen LogP contribution in [0.25, 0.3) is 0 Å². The highest BCUT2D eigenvalue weighted by molar-refractivity contribution is 5.94. The molecule has 0 radical (unpaired) electrons. The van der Waals surface area contributed by atoms with Gasteiger partial charge in [0.25, 0.3) is 5.91 Å². The third kappa shape index (κ3) is 7.11. The summed E-state index contributed by atoms with van der Waals surface area (Å²) < 4.78 is 5.08. The number of carboxylic acids is 1. The summed E-state index contributed by atoms with van der Waals surface area (Å²) in [7, 11) is 0. The van der Waals surface area contributed by atoms with Gasteiger partial charge < -0.3 is 15.2 Å². The third-order valence-electron chi connectivity index (χ3n) is 3.16. The summed E-state index contributed by atoms with van der Waals surface area (Å²) in [4.78, 5) is 22.7. The van der Waals surface area contributed by atoms with Crippen molar-refractivity contribution in [3.8, 4) is 5.75 Å². The maximum atomic E-state index is 12.2. The summed E-state index contributed by atoms with van der Waals surface area (Å²) in [6.07, 6.45) is 1.93. The van der Waals surface area contributed by atoms with Crippen molar-refractivity contribution in [2.75, 3.05) is 6.61 Å². The summed E-state index contributed by atoms with van der Waals surface area (Å²) in [5, 5.41) is 11.5. The maximum absolute atomic E-state index is 12.2. The molecule has 0 saturated carbocycles. The Morgan fingerprint density at radius 2 is 2.00 bits per heavy atom. The van der Waals surface area contributed by atoms with Crippen LogP contribution in [0.15, 0.2) is 24.3 Å². The molecule has 2 N–H and O–H groups in total. The summed E-state index contributed by atoms with van der Waals surface area (Å²) in [5.41, 5.74) is 0.703. The van der Waals surface area contributed by atoms with Gasteiger partial charge in [-0.05, 0) is 43.4 Å². The van der Waals surface area contributed by atoms with Crippen LogP contribution < -0.4 is 10.1 Å². The Kier molecular flexibility index (Phi) is 6.40. The van der Waals surface area contributed by atoms with E-state index in [1.165, 1.54) is 0 Å². The third-order valence-corrected chi connectivity index (χ3v) is 3.16. The molecular formula is C17H25NO4. The molecule has 1 rings (SSSR count). The van der Waals surface area contributed by atoms with Crippen LogP contribution in [-0.4, -0.2) is 29.6 Å². The van der Waals surface area contributed by atoms with E-state index in [0.29, 0.717) is 11.3 Å². The highest BCUT2D eigenvalue weighted by atomic mass is 16.5. The molecule has 122 valence electrons.